The fourth-order valence-electron chi connectivity index (χ4n) is 2.97. The first-order chi connectivity index (χ1) is 9.75. The first kappa shape index (κ1) is 15.5. The molecular formula is C18H30N2. The average Bonchev–Trinajstić information content (AvgIpc) is 2.65. The highest BCUT2D eigenvalue weighted by Gasteiger charge is 2.12. The molecule has 0 unspecified atom stereocenters. The summed E-state index contributed by atoms with van der Waals surface area (Å²) in [6, 6.07) is 9.58. The Bertz CT molecular complexity index is 360. The zero-order chi connectivity index (χ0) is 14.2. The van der Waals surface area contributed by atoms with Crippen LogP contribution in [0.4, 0.5) is 0 Å². The molecule has 2 heteroatoms. The maximum absolute atomic E-state index is 3.49. The van der Waals surface area contributed by atoms with Crippen molar-refractivity contribution in [3.8, 4) is 0 Å². The van der Waals surface area contributed by atoms with Gasteiger partial charge in [0.2, 0.25) is 0 Å². The summed E-state index contributed by atoms with van der Waals surface area (Å²) in [5, 5.41) is 3.49. The molecule has 0 bridgehead atoms. The van der Waals surface area contributed by atoms with Gasteiger partial charge < -0.3 is 10.2 Å². The van der Waals surface area contributed by atoms with E-state index in [1.807, 2.05) is 0 Å². The van der Waals surface area contributed by atoms with Crippen LogP contribution >= 0.6 is 0 Å². The average molecular weight is 274 g/mol. The van der Waals surface area contributed by atoms with E-state index in [2.05, 4.69) is 48.3 Å². The molecule has 0 atom stereocenters. The highest BCUT2D eigenvalue weighted by molar-refractivity contribution is 5.28. The molecule has 0 fully saturated rings. The van der Waals surface area contributed by atoms with Crippen molar-refractivity contribution in [1.82, 2.24) is 10.2 Å². The molecule has 1 aliphatic heterocycles. The lowest BCUT2D eigenvalue weighted by Crippen LogP contribution is -2.28. The minimum absolute atomic E-state index is 0.624. The minimum atomic E-state index is 0.624. The number of hydrogen-bond acceptors (Lipinski definition) is 2. The zero-order valence-corrected chi connectivity index (χ0v) is 13.2. The highest BCUT2D eigenvalue weighted by Crippen LogP contribution is 2.15. The maximum atomic E-state index is 3.49. The van der Waals surface area contributed by atoms with Gasteiger partial charge in [-0.15, -0.1) is 0 Å². The molecule has 0 aromatic heterocycles. The lowest BCUT2D eigenvalue weighted by molar-refractivity contribution is 0.280. The number of hydrogen-bond donors (Lipinski definition) is 1. The van der Waals surface area contributed by atoms with Crippen LogP contribution in [0.25, 0.3) is 0 Å². The Kier molecular flexibility index (Phi) is 6.55. The molecule has 1 aromatic rings. The Morgan fingerprint density at radius 1 is 1.00 bits per heavy atom. The molecule has 2 nitrogen and oxygen atoms in total. The number of benzene rings is 1. The summed E-state index contributed by atoms with van der Waals surface area (Å²) in [6.45, 7) is 9.35. The fraction of sp³-hybridized carbons (Fsp3) is 0.667. The van der Waals surface area contributed by atoms with Crippen LogP contribution < -0.4 is 5.32 Å². The molecular weight excluding hydrogens is 244 g/mol. The summed E-state index contributed by atoms with van der Waals surface area (Å²) >= 11 is 0. The van der Waals surface area contributed by atoms with Crippen LogP contribution in [0.2, 0.25) is 0 Å². The van der Waals surface area contributed by atoms with E-state index in [0.29, 0.717) is 6.04 Å². The molecule has 1 N–H and O–H groups in total. The summed E-state index contributed by atoms with van der Waals surface area (Å²) in [4.78, 5) is 2.65. The van der Waals surface area contributed by atoms with E-state index in [9.17, 15) is 0 Å². The predicted octanol–water partition coefficient (Wildman–Crippen LogP) is 3.26. The number of rotatable bonds is 7. The van der Waals surface area contributed by atoms with Crippen molar-refractivity contribution < 1.29 is 0 Å². The summed E-state index contributed by atoms with van der Waals surface area (Å²) in [6.07, 6.45) is 6.46. The molecule has 1 aromatic carbocycles. The van der Waals surface area contributed by atoms with Gasteiger partial charge >= 0.3 is 0 Å². The van der Waals surface area contributed by atoms with Crippen LogP contribution in [-0.2, 0) is 12.8 Å². The van der Waals surface area contributed by atoms with Crippen molar-refractivity contribution in [2.24, 2.45) is 0 Å². The van der Waals surface area contributed by atoms with Gasteiger partial charge in [0.15, 0.2) is 0 Å². The van der Waals surface area contributed by atoms with E-state index < -0.39 is 0 Å². The number of unbranched alkanes of at least 4 members (excludes halogenated alkanes) is 2. The Labute approximate surface area is 124 Å². The standard InChI is InChI=1S/C18H30N2/c1-16(2)19-12-6-3-7-13-20-14-10-17-8-4-5-9-18(17)11-15-20/h4-5,8-9,16,19H,3,6-7,10-15H2,1-2H3. The van der Waals surface area contributed by atoms with Crippen LogP contribution in [0.3, 0.4) is 0 Å². The molecule has 0 saturated carbocycles. The third-order valence-corrected chi connectivity index (χ3v) is 4.22. The van der Waals surface area contributed by atoms with E-state index in [1.165, 1.54) is 58.3 Å². The summed E-state index contributed by atoms with van der Waals surface area (Å²) in [5.74, 6) is 0. The zero-order valence-electron chi connectivity index (χ0n) is 13.2. The molecule has 1 heterocycles. The van der Waals surface area contributed by atoms with Crippen LogP contribution in [0, 0.1) is 0 Å². The van der Waals surface area contributed by atoms with E-state index >= 15 is 0 Å². The van der Waals surface area contributed by atoms with E-state index in [0.717, 1.165) is 0 Å². The van der Waals surface area contributed by atoms with Gasteiger partial charge in [-0.05, 0) is 49.9 Å². The first-order valence-electron chi connectivity index (χ1n) is 8.28. The number of fused-ring (bicyclic) bond motifs is 1. The van der Waals surface area contributed by atoms with Crippen molar-refractivity contribution in [2.75, 3.05) is 26.2 Å². The van der Waals surface area contributed by atoms with Gasteiger partial charge in [0.1, 0.15) is 0 Å². The molecule has 0 radical (unpaired) electrons. The summed E-state index contributed by atoms with van der Waals surface area (Å²) < 4.78 is 0. The number of nitrogens with zero attached hydrogens (tertiary/aromatic N) is 1. The van der Waals surface area contributed by atoms with Gasteiger partial charge in [0.25, 0.3) is 0 Å². The lowest BCUT2D eigenvalue weighted by atomic mass is 10.0. The second kappa shape index (κ2) is 8.43. The Morgan fingerprint density at radius 2 is 1.65 bits per heavy atom. The van der Waals surface area contributed by atoms with Crippen LogP contribution in [0.1, 0.15) is 44.2 Å². The SMILES string of the molecule is CC(C)NCCCCCN1CCc2ccccc2CC1. The van der Waals surface area contributed by atoms with E-state index in [-0.39, 0.29) is 0 Å². The predicted molar refractivity (Wildman–Crippen MR) is 87.3 cm³/mol. The van der Waals surface area contributed by atoms with Crippen molar-refractivity contribution >= 4 is 0 Å². The quantitative estimate of drug-likeness (QED) is 0.768. The second-order valence-corrected chi connectivity index (χ2v) is 6.28. The van der Waals surface area contributed by atoms with Crippen LogP contribution in [-0.4, -0.2) is 37.1 Å². The van der Waals surface area contributed by atoms with Gasteiger partial charge in [-0.1, -0.05) is 44.5 Å². The molecule has 0 aliphatic carbocycles. The molecule has 1 aliphatic rings. The van der Waals surface area contributed by atoms with Gasteiger partial charge in [0, 0.05) is 19.1 Å². The van der Waals surface area contributed by atoms with Crippen molar-refractivity contribution in [2.45, 2.75) is 52.0 Å². The maximum Gasteiger partial charge on any atom is 0.00221 e. The largest absolute Gasteiger partial charge is 0.315 e. The molecule has 2 rings (SSSR count). The van der Waals surface area contributed by atoms with Crippen LogP contribution in [0.5, 0.6) is 0 Å². The van der Waals surface area contributed by atoms with Crippen molar-refractivity contribution in [3.05, 3.63) is 35.4 Å². The second-order valence-electron chi connectivity index (χ2n) is 6.28. The highest BCUT2D eigenvalue weighted by atomic mass is 15.1. The third-order valence-electron chi connectivity index (χ3n) is 4.22. The smallest absolute Gasteiger partial charge is 0.00221 e. The first-order valence-corrected chi connectivity index (χ1v) is 8.28. The van der Waals surface area contributed by atoms with Crippen LogP contribution in [0.15, 0.2) is 24.3 Å². The lowest BCUT2D eigenvalue weighted by Gasteiger charge is -2.19. The Hall–Kier alpha value is -0.860. The molecule has 112 valence electrons. The Balaban J connectivity index is 1.61. The molecule has 0 amide bonds. The monoisotopic (exact) mass is 274 g/mol. The topological polar surface area (TPSA) is 15.3 Å². The molecule has 0 spiro atoms. The van der Waals surface area contributed by atoms with E-state index in [1.54, 1.807) is 11.1 Å². The van der Waals surface area contributed by atoms with Gasteiger partial charge in [-0.2, -0.15) is 0 Å². The van der Waals surface area contributed by atoms with Crippen molar-refractivity contribution in [3.63, 3.8) is 0 Å². The molecule has 20 heavy (non-hydrogen) atoms. The van der Waals surface area contributed by atoms with Gasteiger partial charge in [0.05, 0.1) is 0 Å². The fourth-order valence-corrected chi connectivity index (χ4v) is 2.97. The normalized spacial score (nSPS) is 16.1. The Morgan fingerprint density at radius 3 is 2.25 bits per heavy atom. The minimum Gasteiger partial charge on any atom is -0.315 e. The van der Waals surface area contributed by atoms with Gasteiger partial charge in [-0.3, -0.25) is 0 Å². The third kappa shape index (κ3) is 5.26. The van der Waals surface area contributed by atoms with E-state index in [4.69, 9.17) is 0 Å². The summed E-state index contributed by atoms with van der Waals surface area (Å²) in [7, 11) is 0. The van der Waals surface area contributed by atoms with Crippen molar-refractivity contribution in [1.29, 1.82) is 0 Å². The van der Waals surface area contributed by atoms with Gasteiger partial charge in [-0.25, -0.2) is 0 Å². The number of nitrogens with one attached hydrogen (secondary N) is 1. The molecule has 0 saturated heterocycles. The summed E-state index contributed by atoms with van der Waals surface area (Å²) in [5.41, 5.74) is 3.13.